The van der Waals surface area contributed by atoms with Gasteiger partial charge in [-0.05, 0) is 6.92 Å². The SMILES string of the molecule is CC(O)COC(O)N1CNc2c1nc(N)[nH]c2=O. The molecule has 0 aliphatic carbocycles. The lowest BCUT2D eigenvalue weighted by atomic mass is 10.4. The van der Waals surface area contributed by atoms with Gasteiger partial charge in [-0.25, -0.2) is 0 Å². The van der Waals surface area contributed by atoms with Gasteiger partial charge in [0.15, 0.2) is 5.82 Å². The van der Waals surface area contributed by atoms with Crippen molar-refractivity contribution >= 4 is 17.5 Å². The average molecular weight is 257 g/mol. The van der Waals surface area contributed by atoms with Crippen LogP contribution in [0.2, 0.25) is 0 Å². The summed E-state index contributed by atoms with van der Waals surface area (Å²) < 4.78 is 5.02. The minimum Gasteiger partial charge on any atom is -0.391 e. The zero-order chi connectivity index (χ0) is 13.3. The molecule has 2 unspecified atom stereocenters. The van der Waals surface area contributed by atoms with Crippen LogP contribution in [0.15, 0.2) is 4.79 Å². The molecule has 2 atom stereocenters. The Hall–Kier alpha value is -1.84. The van der Waals surface area contributed by atoms with Gasteiger partial charge in [-0.1, -0.05) is 0 Å². The molecule has 6 N–H and O–H groups in total. The number of aromatic amines is 1. The molecule has 18 heavy (non-hydrogen) atoms. The van der Waals surface area contributed by atoms with Gasteiger partial charge in [0.1, 0.15) is 5.69 Å². The monoisotopic (exact) mass is 257 g/mol. The number of aliphatic hydroxyl groups excluding tert-OH is 2. The summed E-state index contributed by atoms with van der Waals surface area (Å²) in [4.78, 5) is 19.1. The van der Waals surface area contributed by atoms with Crippen molar-refractivity contribution in [3.05, 3.63) is 10.4 Å². The third kappa shape index (κ3) is 2.37. The van der Waals surface area contributed by atoms with E-state index < -0.39 is 18.1 Å². The number of fused-ring (bicyclic) bond motifs is 1. The summed E-state index contributed by atoms with van der Waals surface area (Å²) in [5.41, 5.74) is 5.24. The minimum atomic E-state index is -1.32. The van der Waals surface area contributed by atoms with Crippen LogP contribution in [-0.4, -0.2) is 46.0 Å². The molecule has 0 bridgehead atoms. The van der Waals surface area contributed by atoms with E-state index in [0.717, 1.165) is 0 Å². The Morgan fingerprint density at radius 2 is 2.33 bits per heavy atom. The molecule has 0 saturated heterocycles. The molecule has 1 aliphatic rings. The van der Waals surface area contributed by atoms with Gasteiger partial charge in [-0.15, -0.1) is 0 Å². The van der Waals surface area contributed by atoms with Crippen LogP contribution >= 0.6 is 0 Å². The normalized spacial score (nSPS) is 17.2. The molecular formula is C9H15N5O4. The van der Waals surface area contributed by atoms with Gasteiger partial charge in [-0.2, -0.15) is 4.98 Å². The van der Waals surface area contributed by atoms with Crippen molar-refractivity contribution in [2.75, 3.05) is 29.2 Å². The highest BCUT2D eigenvalue weighted by atomic mass is 16.6. The molecular weight excluding hydrogens is 242 g/mol. The van der Waals surface area contributed by atoms with E-state index in [1.54, 1.807) is 0 Å². The lowest BCUT2D eigenvalue weighted by Gasteiger charge is -2.23. The molecule has 1 aromatic rings. The number of anilines is 3. The van der Waals surface area contributed by atoms with Crippen molar-refractivity contribution in [3.8, 4) is 0 Å². The number of nitrogen functional groups attached to an aromatic ring is 1. The molecule has 1 aliphatic heterocycles. The Balaban J connectivity index is 2.18. The van der Waals surface area contributed by atoms with Crippen LogP contribution in [0, 0.1) is 0 Å². The molecule has 1 aromatic heterocycles. The summed E-state index contributed by atoms with van der Waals surface area (Å²) in [6, 6.07) is 0. The van der Waals surface area contributed by atoms with Gasteiger partial charge in [0.05, 0.1) is 19.4 Å². The van der Waals surface area contributed by atoms with Gasteiger partial charge in [0.2, 0.25) is 12.4 Å². The Morgan fingerprint density at radius 1 is 1.61 bits per heavy atom. The fourth-order valence-corrected chi connectivity index (χ4v) is 1.58. The van der Waals surface area contributed by atoms with E-state index >= 15 is 0 Å². The van der Waals surface area contributed by atoms with E-state index in [2.05, 4.69) is 15.3 Å². The molecule has 0 radical (unpaired) electrons. The number of nitrogens with two attached hydrogens (primary N) is 1. The van der Waals surface area contributed by atoms with E-state index in [9.17, 15) is 9.90 Å². The average Bonchev–Trinajstić information content (AvgIpc) is 2.69. The van der Waals surface area contributed by atoms with E-state index in [1.807, 2.05) is 0 Å². The number of H-pyrrole nitrogens is 1. The molecule has 9 heteroatoms. The van der Waals surface area contributed by atoms with Crippen LogP contribution in [0.3, 0.4) is 0 Å². The van der Waals surface area contributed by atoms with Crippen molar-refractivity contribution in [2.24, 2.45) is 0 Å². The third-order valence-corrected chi connectivity index (χ3v) is 2.37. The van der Waals surface area contributed by atoms with Crippen molar-refractivity contribution in [1.82, 2.24) is 9.97 Å². The maximum Gasteiger partial charge on any atom is 0.277 e. The third-order valence-electron chi connectivity index (χ3n) is 2.37. The highest BCUT2D eigenvalue weighted by Gasteiger charge is 2.29. The van der Waals surface area contributed by atoms with Crippen LogP contribution < -0.4 is 21.5 Å². The zero-order valence-corrected chi connectivity index (χ0v) is 9.75. The predicted molar refractivity (Wildman–Crippen MR) is 63.9 cm³/mol. The second kappa shape index (κ2) is 4.80. The summed E-state index contributed by atoms with van der Waals surface area (Å²) >= 11 is 0. The summed E-state index contributed by atoms with van der Waals surface area (Å²) in [6.45, 7) is 1.66. The Bertz CT molecular complexity index is 488. The molecule has 0 saturated carbocycles. The van der Waals surface area contributed by atoms with Gasteiger partial charge >= 0.3 is 0 Å². The van der Waals surface area contributed by atoms with E-state index in [-0.39, 0.29) is 30.7 Å². The zero-order valence-electron chi connectivity index (χ0n) is 9.75. The fourth-order valence-electron chi connectivity index (χ4n) is 1.58. The Morgan fingerprint density at radius 3 is 3.00 bits per heavy atom. The van der Waals surface area contributed by atoms with Gasteiger partial charge in [-0.3, -0.25) is 14.7 Å². The van der Waals surface area contributed by atoms with Crippen LogP contribution in [0.5, 0.6) is 0 Å². The van der Waals surface area contributed by atoms with Gasteiger partial charge in [0.25, 0.3) is 5.56 Å². The molecule has 2 rings (SSSR count). The molecule has 9 nitrogen and oxygen atoms in total. The van der Waals surface area contributed by atoms with Crippen molar-refractivity contribution in [3.63, 3.8) is 0 Å². The first kappa shape index (κ1) is 12.6. The maximum absolute atomic E-state index is 11.5. The van der Waals surface area contributed by atoms with E-state index in [4.69, 9.17) is 15.6 Å². The highest BCUT2D eigenvalue weighted by Crippen LogP contribution is 2.26. The van der Waals surface area contributed by atoms with Crippen LogP contribution in [-0.2, 0) is 4.74 Å². The number of aliphatic hydroxyl groups is 2. The molecule has 0 aromatic carbocycles. The summed E-state index contributed by atoms with van der Waals surface area (Å²) in [5, 5.41) is 21.6. The van der Waals surface area contributed by atoms with Crippen LogP contribution in [0.4, 0.5) is 17.5 Å². The number of nitrogens with zero attached hydrogens (tertiary/aromatic N) is 2. The molecule has 0 spiro atoms. The lowest BCUT2D eigenvalue weighted by Crippen LogP contribution is -2.38. The summed E-state index contributed by atoms with van der Waals surface area (Å²) in [5.74, 6) is 0.171. The lowest BCUT2D eigenvalue weighted by molar-refractivity contribution is -0.118. The maximum atomic E-state index is 11.5. The van der Waals surface area contributed by atoms with Gasteiger partial charge in [0, 0.05) is 0 Å². The quantitative estimate of drug-likeness (QED) is 0.399. The minimum absolute atomic E-state index is 0.0360. The van der Waals surface area contributed by atoms with Crippen molar-refractivity contribution in [2.45, 2.75) is 19.4 Å². The highest BCUT2D eigenvalue weighted by molar-refractivity contribution is 5.70. The number of hydrogen-bond acceptors (Lipinski definition) is 8. The first-order chi connectivity index (χ1) is 8.49. The van der Waals surface area contributed by atoms with Crippen molar-refractivity contribution in [1.29, 1.82) is 0 Å². The standard InChI is InChI=1S/C9H15N5O4/c1-4(15)2-18-9(17)14-3-11-5-6(14)12-8(10)13-7(5)16/h4,9,11,15,17H,2-3H2,1H3,(H3,10,12,13,16). The smallest absolute Gasteiger partial charge is 0.277 e. The summed E-state index contributed by atoms with van der Waals surface area (Å²) in [7, 11) is 0. The number of nitrogens with one attached hydrogen (secondary N) is 2. The molecule has 2 heterocycles. The second-order valence-electron chi connectivity index (χ2n) is 3.96. The first-order valence-corrected chi connectivity index (χ1v) is 5.37. The van der Waals surface area contributed by atoms with E-state index in [0.29, 0.717) is 0 Å². The number of aromatic nitrogens is 2. The second-order valence-corrected chi connectivity index (χ2v) is 3.96. The summed E-state index contributed by atoms with van der Waals surface area (Å²) in [6.07, 6.45) is -2.02. The molecule has 0 fully saturated rings. The number of ether oxygens (including phenoxy) is 1. The number of hydrogen-bond donors (Lipinski definition) is 5. The fraction of sp³-hybridized carbons (Fsp3) is 0.556. The molecule has 0 amide bonds. The van der Waals surface area contributed by atoms with E-state index in [1.165, 1.54) is 11.8 Å². The topological polar surface area (TPSA) is 137 Å². The predicted octanol–water partition coefficient (Wildman–Crippen LogP) is -1.79. The Labute approximate surface area is 102 Å². The number of rotatable bonds is 4. The first-order valence-electron chi connectivity index (χ1n) is 5.37. The molecule has 100 valence electrons. The van der Waals surface area contributed by atoms with Crippen molar-refractivity contribution < 1.29 is 14.9 Å². The largest absolute Gasteiger partial charge is 0.391 e. The van der Waals surface area contributed by atoms with Crippen LogP contribution in [0.25, 0.3) is 0 Å². The Kier molecular flexibility index (Phi) is 3.36. The van der Waals surface area contributed by atoms with Crippen LogP contribution in [0.1, 0.15) is 6.92 Å². The van der Waals surface area contributed by atoms with Gasteiger partial charge < -0.3 is 26.0 Å².